The van der Waals surface area contributed by atoms with Crippen LogP contribution in [-0.4, -0.2) is 106 Å². The van der Waals surface area contributed by atoms with E-state index >= 15 is 0 Å². The van der Waals surface area contributed by atoms with Gasteiger partial charge in [0, 0.05) is 44.8 Å². The van der Waals surface area contributed by atoms with Gasteiger partial charge in [-0.3, -0.25) is 24.2 Å². The Hall–Kier alpha value is -4.63. The molecule has 2 aliphatic heterocycles. The molecule has 0 unspecified atom stereocenters. The molecule has 1 aromatic carbocycles. The quantitative estimate of drug-likeness (QED) is 0.0988. The molecule has 14 heteroatoms. The number of benzene rings is 1. The van der Waals surface area contributed by atoms with Crippen LogP contribution in [0.3, 0.4) is 0 Å². The number of ketones is 1. The molecular weight excluding hydrogens is 718 g/mol. The average molecular weight is 780 g/mol. The Morgan fingerprint density at radius 3 is 2.52 bits per heavy atom. The summed E-state index contributed by atoms with van der Waals surface area (Å²) in [5.41, 5.74) is 4.37. The molecule has 1 aromatic rings. The second kappa shape index (κ2) is 22.8. The number of carbonyl (C=O) groups is 5. The second-order valence-electron chi connectivity index (χ2n) is 15.0. The lowest BCUT2D eigenvalue weighted by Gasteiger charge is -2.36. The van der Waals surface area contributed by atoms with Gasteiger partial charge in [-0.1, -0.05) is 69.4 Å². The number of amides is 3. The maximum absolute atomic E-state index is 14.3. The molecule has 308 valence electrons. The zero-order valence-electron chi connectivity index (χ0n) is 33.3. The fourth-order valence-electron chi connectivity index (χ4n) is 6.60. The fraction of sp³-hybridized carbons (Fsp3) is 0.548. The molecule has 2 bridgehead atoms. The van der Waals surface area contributed by atoms with Crippen molar-refractivity contribution in [2.45, 2.75) is 110 Å². The number of fused-ring (bicyclic) bond motifs is 2. The number of cyclic esters (lactones) is 1. The van der Waals surface area contributed by atoms with Crippen LogP contribution in [0, 0.1) is 17.8 Å². The van der Waals surface area contributed by atoms with Gasteiger partial charge in [-0.25, -0.2) is 5.43 Å². The van der Waals surface area contributed by atoms with Crippen LogP contribution in [-0.2, 0) is 35.1 Å². The number of aromatic hydroxyl groups is 1. The highest BCUT2D eigenvalue weighted by Gasteiger charge is 2.38. The standard InChI is InChI=1S/C42H61N5O9/c1-7-21-43-22-20-27(4)36-17-10-8-9-16-35(50)29(6)38(51)32(19-18-28(5)48)39(52)45-37(26(2)3)40(53)44-34(25-30-13-11-14-31(49)24-30)41(54)47-23-12-15-33(46-47)42(55)56-36/h7-11,13-14,16,20,24,26,29,32-38,43,46,49-51H,1,12,15,17-19,21-23,25H2,2-6H3,(H,44,53)(H,45,52)/b10-8+,16-9+,27-20+/t29-,32+,33-,34-,35-,36-,37-,38+/m0/s1. The van der Waals surface area contributed by atoms with E-state index in [-0.39, 0.29) is 37.3 Å². The van der Waals surface area contributed by atoms with Crippen molar-refractivity contribution in [3.8, 4) is 5.75 Å². The van der Waals surface area contributed by atoms with E-state index in [1.807, 2.05) is 13.0 Å². The summed E-state index contributed by atoms with van der Waals surface area (Å²) in [4.78, 5) is 67.9. The number of nitrogens with one attached hydrogen (secondary N) is 4. The number of hydrogen-bond donors (Lipinski definition) is 7. The van der Waals surface area contributed by atoms with Crippen LogP contribution < -0.4 is 21.4 Å². The lowest BCUT2D eigenvalue weighted by molar-refractivity contribution is -0.156. The molecule has 8 atom stereocenters. The van der Waals surface area contributed by atoms with Gasteiger partial charge in [0.15, 0.2) is 0 Å². The van der Waals surface area contributed by atoms with Gasteiger partial charge in [0.1, 0.15) is 35.8 Å². The largest absolute Gasteiger partial charge is 0.508 e. The van der Waals surface area contributed by atoms with Gasteiger partial charge in [-0.2, -0.15) is 0 Å². The second-order valence-corrected chi connectivity index (χ2v) is 15.0. The van der Waals surface area contributed by atoms with E-state index < -0.39 is 77.9 Å². The maximum Gasteiger partial charge on any atom is 0.325 e. The molecule has 0 radical (unpaired) electrons. The van der Waals surface area contributed by atoms with Crippen LogP contribution >= 0.6 is 0 Å². The number of aliphatic hydroxyl groups is 2. The van der Waals surface area contributed by atoms with Crippen molar-refractivity contribution < 1.29 is 44.0 Å². The molecule has 3 rings (SSSR count). The third kappa shape index (κ3) is 14.1. The molecule has 3 amide bonds. The minimum Gasteiger partial charge on any atom is -0.508 e. The molecule has 1 saturated heterocycles. The summed E-state index contributed by atoms with van der Waals surface area (Å²) < 4.78 is 6.03. The summed E-state index contributed by atoms with van der Waals surface area (Å²) in [5.74, 6) is -5.13. The van der Waals surface area contributed by atoms with Crippen molar-refractivity contribution in [2.75, 3.05) is 19.6 Å². The molecule has 7 N–H and O–H groups in total. The van der Waals surface area contributed by atoms with E-state index in [0.29, 0.717) is 37.9 Å². The zero-order chi connectivity index (χ0) is 41.4. The Morgan fingerprint density at radius 2 is 1.84 bits per heavy atom. The molecule has 2 aliphatic rings. The van der Waals surface area contributed by atoms with Crippen molar-refractivity contribution in [2.24, 2.45) is 17.8 Å². The number of nitrogens with zero attached hydrogens (tertiary/aromatic N) is 1. The molecule has 0 aliphatic carbocycles. The van der Waals surface area contributed by atoms with Crippen molar-refractivity contribution in [3.63, 3.8) is 0 Å². The molecule has 14 nitrogen and oxygen atoms in total. The first-order valence-corrected chi connectivity index (χ1v) is 19.5. The number of phenolic OH excluding ortho intramolecular Hbond substituents is 1. The molecule has 1 fully saturated rings. The maximum atomic E-state index is 14.3. The number of phenols is 1. The van der Waals surface area contributed by atoms with Gasteiger partial charge in [0.25, 0.3) is 5.91 Å². The molecular formula is C42H61N5O9. The van der Waals surface area contributed by atoms with Crippen LogP contribution in [0.2, 0.25) is 0 Å². The molecule has 0 saturated carbocycles. The molecule has 2 heterocycles. The van der Waals surface area contributed by atoms with Gasteiger partial charge in [-0.05, 0) is 62.3 Å². The van der Waals surface area contributed by atoms with Crippen LogP contribution in [0.1, 0.15) is 72.3 Å². The third-order valence-corrected chi connectivity index (χ3v) is 10.1. The number of aliphatic hydroxyl groups excluding tert-OH is 2. The highest BCUT2D eigenvalue weighted by molar-refractivity contribution is 5.93. The van der Waals surface area contributed by atoms with Crippen molar-refractivity contribution in [1.29, 1.82) is 0 Å². The van der Waals surface area contributed by atoms with Gasteiger partial charge >= 0.3 is 5.97 Å². The fourth-order valence-corrected chi connectivity index (χ4v) is 6.60. The first kappa shape index (κ1) is 45.8. The lowest BCUT2D eigenvalue weighted by atomic mass is 9.84. The summed E-state index contributed by atoms with van der Waals surface area (Å²) in [7, 11) is 0. The van der Waals surface area contributed by atoms with Gasteiger partial charge < -0.3 is 40.8 Å². The highest BCUT2D eigenvalue weighted by Crippen LogP contribution is 2.24. The number of rotatable bonds is 11. The predicted molar refractivity (Wildman–Crippen MR) is 213 cm³/mol. The number of allylic oxidation sites excluding steroid dienone is 2. The highest BCUT2D eigenvalue weighted by atomic mass is 16.5. The smallest absolute Gasteiger partial charge is 0.325 e. The van der Waals surface area contributed by atoms with Crippen LogP contribution in [0.15, 0.2) is 72.9 Å². The molecule has 0 aromatic heterocycles. The minimum absolute atomic E-state index is 0.0106. The summed E-state index contributed by atoms with van der Waals surface area (Å²) in [5, 5.41) is 42.7. The van der Waals surface area contributed by atoms with Gasteiger partial charge in [0.05, 0.1) is 18.1 Å². The molecule has 0 spiro atoms. The van der Waals surface area contributed by atoms with Crippen molar-refractivity contribution >= 4 is 29.5 Å². The van der Waals surface area contributed by atoms with Gasteiger partial charge in [0.2, 0.25) is 11.8 Å². The SMILES string of the molecule is C=CCNC/C=C(\C)[C@@H]1C/C=C/C=C/[C@H](O)[C@H](C)[C@@H](O)[C@@H](CCC(C)=O)C(=O)N[C@@H](C(C)C)C(=O)N[C@@H](Cc2cccc(O)c2)C(=O)N2CCC[C@H](N2)C(=O)O1. The Morgan fingerprint density at radius 1 is 1.09 bits per heavy atom. The Bertz CT molecular complexity index is 1610. The Kier molecular flexibility index (Phi) is 18.6. The third-order valence-electron chi connectivity index (χ3n) is 10.1. The van der Waals surface area contributed by atoms with E-state index in [1.165, 1.54) is 30.1 Å². The number of hydrogen-bond acceptors (Lipinski definition) is 11. The van der Waals surface area contributed by atoms with Crippen molar-refractivity contribution in [1.82, 2.24) is 26.4 Å². The Labute approximate surface area is 330 Å². The Balaban J connectivity index is 2.06. The molecule has 56 heavy (non-hydrogen) atoms. The van der Waals surface area contributed by atoms with Gasteiger partial charge in [-0.15, -0.1) is 6.58 Å². The minimum atomic E-state index is -1.39. The first-order valence-electron chi connectivity index (χ1n) is 19.5. The first-order chi connectivity index (χ1) is 26.6. The zero-order valence-corrected chi connectivity index (χ0v) is 33.3. The normalized spacial score (nSPS) is 28.9. The summed E-state index contributed by atoms with van der Waals surface area (Å²) in [6, 6.07) is 3.08. The summed E-state index contributed by atoms with van der Waals surface area (Å²) >= 11 is 0. The summed E-state index contributed by atoms with van der Waals surface area (Å²) in [6.07, 6.45) is 8.11. The number of esters is 1. The number of hydrazine groups is 1. The number of carbonyl (C=O) groups excluding carboxylic acids is 5. The van der Waals surface area contributed by atoms with Crippen LogP contribution in [0.25, 0.3) is 0 Å². The van der Waals surface area contributed by atoms with E-state index in [9.17, 15) is 39.3 Å². The number of Topliss-reactive ketones (excluding diaryl/α,β-unsaturated/α-hetero) is 1. The predicted octanol–water partition coefficient (Wildman–Crippen LogP) is 2.55. The van der Waals surface area contributed by atoms with E-state index in [2.05, 4.69) is 28.0 Å². The summed E-state index contributed by atoms with van der Waals surface area (Å²) in [6.45, 7) is 13.3. The topological polar surface area (TPSA) is 207 Å². The van der Waals surface area contributed by atoms with E-state index in [1.54, 1.807) is 57.2 Å². The monoisotopic (exact) mass is 779 g/mol. The number of ether oxygens (including phenoxy) is 1. The lowest BCUT2D eigenvalue weighted by Crippen LogP contribution is -2.62. The van der Waals surface area contributed by atoms with Crippen LogP contribution in [0.4, 0.5) is 0 Å². The van der Waals surface area contributed by atoms with E-state index in [0.717, 1.165) is 5.57 Å². The average Bonchev–Trinajstić information content (AvgIpc) is 3.16. The van der Waals surface area contributed by atoms with Crippen molar-refractivity contribution in [3.05, 3.63) is 78.4 Å². The van der Waals surface area contributed by atoms with Crippen LogP contribution in [0.5, 0.6) is 5.75 Å². The van der Waals surface area contributed by atoms with E-state index in [4.69, 9.17) is 4.74 Å².